The van der Waals surface area contributed by atoms with Gasteiger partial charge in [-0.15, -0.1) is 0 Å². The smallest absolute Gasteiger partial charge is 0.338 e. The van der Waals surface area contributed by atoms with Gasteiger partial charge in [-0.2, -0.15) is 4.31 Å². The van der Waals surface area contributed by atoms with Gasteiger partial charge in [0, 0.05) is 18.7 Å². The molecular weight excluding hydrogens is 416 g/mol. The van der Waals surface area contributed by atoms with Crippen molar-refractivity contribution in [2.45, 2.75) is 11.5 Å². The fourth-order valence-electron chi connectivity index (χ4n) is 2.62. The van der Waals surface area contributed by atoms with Crippen LogP contribution < -0.4 is 0 Å². The number of benzene rings is 2. The Morgan fingerprint density at radius 2 is 1.86 bits per heavy atom. The van der Waals surface area contributed by atoms with Crippen LogP contribution in [0.1, 0.15) is 15.9 Å². The van der Waals surface area contributed by atoms with Crippen molar-refractivity contribution in [1.82, 2.24) is 4.31 Å². The predicted molar refractivity (Wildman–Crippen MR) is 96.5 cm³/mol. The van der Waals surface area contributed by atoms with Crippen molar-refractivity contribution in [1.29, 1.82) is 0 Å². The number of esters is 1. The van der Waals surface area contributed by atoms with Crippen molar-refractivity contribution in [3.63, 3.8) is 0 Å². The van der Waals surface area contributed by atoms with Crippen LogP contribution in [0.25, 0.3) is 0 Å². The number of carbonyl (C=O) groups is 1. The highest BCUT2D eigenvalue weighted by Crippen LogP contribution is 2.23. The van der Waals surface area contributed by atoms with Gasteiger partial charge in [0.05, 0.1) is 23.8 Å². The molecule has 2 aromatic rings. The first kappa shape index (κ1) is 20.7. The van der Waals surface area contributed by atoms with E-state index >= 15 is 0 Å². The molecule has 3 rings (SSSR count). The molecular formula is C18H16ClF2NO5S. The van der Waals surface area contributed by atoms with Gasteiger partial charge in [-0.3, -0.25) is 0 Å². The van der Waals surface area contributed by atoms with Crippen LogP contribution >= 0.6 is 11.6 Å². The van der Waals surface area contributed by atoms with E-state index in [4.69, 9.17) is 21.1 Å². The van der Waals surface area contributed by atoms with Crippen LogP contribution in [0.2, 0.25) is 5.02 Å². The van der Waals surface area contributed by atoms with E-state index in [1.54, 1.807) is 0 Å². The van der Waals surface area contributed by atoms with Crippen molar-refractivity contribution >= 4 is 27.6 Å². The van der Waals surface area contributed by atoms with Crippen LogP contribution in [0, 0.1) is 11.6 Å². The van der Waals surface area contributed by atoms with Gasteiger partial charge in [-0.25, -0.2) is 22.0 Å². The molecule has 0 N–H and O–H groups in total. The zero-order valence-corrected chi connectivity index (χ0v) is 16.1. The number of sulfonamides is 1. The Bertz CT molecular complexity index is 993. The molecule has 0 unspecified atom stereocenters. The maximum atomic E-state index is 14.2. The van der Waals surface area contributed by atoms with Crippen molar-refractivity contribution in [3.8, 4) is 0 Å². The standard InChI is InChI=1S/C18H16ClF2NO5S/c19-15-10-14(20)3-1-13(15)11-27-18(23)12-2-4-16(21)17(9-12)28(24,25)22-5-7-26-8-6-22/h1-4,9-10H,5-8,11H2. The fourth-order valence-corrected chi connectivity index (χ4v) is 4.34. The molecule has 0 radical (unpaired) electrons. The van der Waals surface area contributed by atoms with Crippen LogP contribution in [-0.4, -0.2) is 45.0 Å². The maximum absolute atomic E-state index is 14.2. The van der Waals surface area contributed by atoms with E-state index < -0.39 is 32.5 Å². The molecule has 2 aromatic carbocycles. The molecule has 0 atom stereocenters. The van der Waals surface area contributed by atoms with Gasteiger partial charge >= 0.3 is 5.97 Å². The van der Waals surface area contributed by atoms with Gasteiger partial charge in [0.2, 0.25) is 10.0 Å². The van der Waals surface area contributed by atoms with E-state index in [9.17, 15) is 22.0 Å². The summed E-state index contributed by atoms with van der Waals surface area (Å²) in [5.41, 5.74) is 0.242. The van der Waals surface area contributed by atoms with Crippen molar-refractivity contribution < 1.29 is 31.5 Å². The highest BCUT2D eigenvalue weighted by Gasteiger charge is 2.30. The van der Waals surface area contributed by atoms with E-state index in [1.165, 1.54) is 12.1 Å². The molecule has 10 heteroatoms. The number of nitrogens with zero attached hydrogens (tertiary/aromatic N) is 1. The average Bonchev–Trinajstić information content (AvgIpc) is 2.68. The van der Waals surface area contributed by atoms with Gasteiger partial charge in [-0.1, -0.05) is 17.7 Å². The van der Waals surface area contributed by atoms with Crippen molar-refractivity contribution in [2.24, 2.45) is 0 Å². The van der Waals surface area contributed by atoms with Gasteiger partial charge in [0.15, 0.2) is 0 Å². The van der Waals surface area contributed by atoms with Gasteiger partial charge in [0.1, 0.15) is 23.1 Å². The van der Waals surface area contributed by atoms with Gasteiger partial charge < -0.3 is 9.47 Å². The molecule has 1 saturated heterocycles. The van der Waals surface area contributed by atoms with Gasteiger partial charge in [-0.05, 0) is 30.3 Å². The first-order valence-corrected chi connectivity index (χ1v) is 10.1. The molecule has 28 heavy (non-hydrogen) atoms. The Morgan fingerprint density at radius 3 is 2.54 bits per heavy atom. The lowest BCUT2D eigenvalue weighted by Crippen LogP contribution is -2.41. The maximum Gasteiger partial charge on any atom is 0.338 e. The minimum Gasteiger partial charge on any atom is -0.457 e. The van der Waals surface area contributed by atoms with Crippen LogP contribution in [0.3, 0.4) is 0 Å². The Kier molecular flexibility index (Phi) is 6.29. The number of carbonyl (C=O) groups excluding carboxylic acids is 1. The number of ether oxygens (including phenoxy) is 2. The summed E-state index contributed by atoms with van der Waals surface area (Å²) in [7, 11) is -4.12. The summed E-state index contributed by atoms with van der Waals surface area (Å²) in [5, 5.41) is 0.0856. The minimum atomic E-state index is -4.12. The fraction of sp³-hybridized carbons (Fsp3) is 0.278. The highest BCUT2D eigenvalue weighted by atomic mass is 35.5. The summed E-state index contributed by atoms with van der Waals surface area (Å²) in [6.07, 6.45) is 0. The van der Waals surface area contributed by atoms with E-state index in [0.717, 1.165) is 28.6 Å². The Morgan fingerprint density at radius 1 is 1.14 bits per heavy atom. The van der Waals surface area contributed by atoms with Crippen molar-refractivity contribution in [2.75, 3.05) is 26.3 Å². The lowest BCUT2D eigenvalue weighted by Gasteiger charge is -2.26. The summed E-state index contributed by atoms with van der Waals surface area (Å²) in [5.74, 6) is -2.36. The Balaban J connectivity index is 1.79. The van der Waals surface area contributed by atoms with E-state index in [0.29, 0.717) is 5.56 Å². The lowest BCUT2D eigenvalue weighted by atomic mass is 10.2. The number of hydrogen-bond donors (Lipinski definition) is 0. The molecule has 0 spiro atoms. The van der Waals surface area contributed by atoms with E-state index in [-0.39, 0.29) is 43.5 Å². The molecule has 0 amide bonds. The molecule has 0 bridgehead atoms. The zero-order chi connectivity index (χ0) is 20.3. The minimum absolute atomic E-state index is 0.0856. The quantitative estimate of drug-likeness (QED) is 0.680. The topological polar surface area (TPSA) is 72.9 Å². The van der Waals surface area contributed by atoms with E-state index in [1.807, 2.05) is 0 Å². The average molecular weight is 432 g/mol. The third-order valence-electron chi connectivity index (χ3n) is 4.13. The molecule has 1 aliphatic heterocycles. The second-order valence-electron chi connectivity index (χ2n) is 5.97. The van der Waals surface area contributed by atoms with E-state index in [2.05, 4.69) is 0 Å². The molecule has 6 nitrogen and oxygen atoms in total. The number of halogens is 3. The monoisotopic (exact) mass is 431 g/mol. The number of morpholine rings is 1. The van der Waals surface area contributed by atoms with Crippen LogP contribution in [0.4, 0.5) is 8.78 Å². The van der Waals surface area contributed by atoms with Crippen LogP contribution in [0.15, 0.2) is 41.3 Å². The summed E-state index contributed by atoms with van der Waals surface area (Å²) in [4.78, 5) is 11.7. The largest absolute Gasteiger partial charge is 0.457 e. The Labute approximate surface area is 165 Å². The normalized spacial score (nSPS) is 15.4. The highest BCUT2D eigenvalue weighted by molar-refractivity contribution is 7.89. The van der Waals surface area contributed by atoms with Crippen LogP contribution in [-0.2, 0) is 26.1 Å². The molecule has 0 aromatic heterocycles. The first-order valence-electron chi connectivity index (χ1n) is 8.27. The van der Waals surface area contributed by atoms with Crippen LogP contribution in [0.5, 0.6) is 0 Å². The second-order valence-corrected chi connectivity index (χ2v) is 8.29. The third kappa shape index (κ3) is 4.49. The molecule has 150 valence electrons. The molecule has 1 heterocycles. The lowest BCUT2D eigenvalue weighted by molar-refractivity contribution is 0.0472. The summed E-state index contributed by atoms with van der Waals surface area (Å²) < 4.78 is 63.9. The predicted octanol–water partition coefficient (Wildman–Crippen LogP) is 3.00. The molecule has 1 aliphatic rings. The zero-order valence-electron chi connectivity index (χ0n) is 14.5. The molecule has 1 fully saturated rings. The third-order valence-corrected chi connectivity index (χ3v) is 6.39. The molecule has 0 aliphatic carbocycles. The van der Waals surface area contributed by atoms with Crippen molar-refractivity contribution in [3.05, 3.63) is 64.2 Å². The Hall–Kier alpha value is -2.07. The first-order chi connectivity index (χ1) is 13.3. The number of rotatable bonds is 5. The summed E-state index contributed by atoms with van der Waals surface area (Å²) in [6.45, 7) is 0.363. The molecule has 0 saturated carbocycles. The number of hydrogen-bond acceptors (Lipinski definition) is 5. The summed E-state index contributed by atoms with van der Waals surface area (Å²) in [6, 6.07) is 6.57. The summed E-state index contributed by atoms with van der Waals surface area (Å²) >= 11 is 5.87. The second kappa shape index (κ2) is 8.52. The van der Waals surface area contributed by atoms with Gasteiger partial charge in [0.25, 0.3) is 0 Å². The SMILES string of the molecule is O=C(OCc1ccc(F)cc1Cl)c1ccc(F)c(S(=O)(=O)N2CCOCC2)c1.